The number of carbonyl (C=O) groups excluding carboxylic acids is 1. The molecule has 1 aliphatic heterocycles. The number of aromatic nitrogens is 1. The summed E-state index contributed by atoms with van der Waals surface area (Å²) in [5.74, 6) is -1.65. The highest BCUT2D eigenvalue weighted by Crippen LogP contribution is 2.39. The first-order chi connectivity index (χ1) is 8.60. The van der Waals surface area contributed by atoms with Gasteiger partial charge in [0, 0.05) is 13.1 Å². The molecule has 0 bridgehead atoms. The number of ether oxygens (including phenoxy) is 2. The molecule has 0 saturated heterocycles. The highest BCUT2D eigenvalue weighted by atomic mass is 16.7. The number of nitrogens with one attached hydrogen (secondary N) is 1. The van der Waals surface area contributed by atoms with Crippen molar-refractivity contribution < 1.29 is 19.4 Å². The molecule has 0 saturated carbocycles. The van der Waals surface area contributed by atoms with Gasteiger partial charge in [0.1, 0.15) is 22.8 Å². The maximum Gasteiger partial charge on any atom is 0.349 e. The van der Waals surface area contributed by atoms with E-state index in [0.717, 1.165) is 0 Å². The van der Waals surface area contributed by atoms with Crippen LogP contribution < -0.4 is 4.74 Å². The SMILES string of the molecule is CC1(c2ccc[nH]2)OC(=O)c2c(O)cccc2O1. The third-order valence-electron chi connectivity index (χ3n) is 2.89. The van der Waals surface area contributed by atoms with Gasteiger partial charge >= 0.3 is 5.97 Å². The van der Waals surface area contributed by atoms with Gasteiger partial charge < -0.3 is 19.6 Å². The number of aromatic hydroxyl groups is 1. The number of benzene rings is 1. The van der Waals surface area contributed by atoms with E-state index in [4.69, 9.17) is 9.47 Å². The molecule has 0 amide bonds. The Morgan fingerprint density at radius 3 is 2.78 bits per heavy atom. The number of carbonyl (C=O) groups is 1. The van der Waals surface area contributed by atoms with Crippen LogP contribution in [0.15, 0.2) is 36.5 Å². The number of hydrogen-bond acceptors (Lipinski definition) is 4. The molecule has 0 spiro atoms. The predicted molar refractivity (Wildman–Crippen MR) is 62.3 cm³/mol. The Hall–Kier alpha value is -2.43. The minimum Gasteiger partial charge on any atom is -0.507 e. The topological polar surface area (TPSA) is 71.6 Å². The third kappa shape index (κ3) is 1.44. The van der Waals surface area contributed by atoms with Crippen LogP contribution in [-0.2, 0) is 10.5 Å². The summed E-state index contributed by atoms with van der Waals surface area (Å²) in [7, 11) is 0. The molecule has 0 radical (unpaired) electrons. The summed E-state index contributed by atoms with van der Waals surface area (Å²) in [4.78, 5) is 14.9. The Morgan fingerprint density at radius 2 is 2.06 bits per heavy atom. The smallest absolute Gasteiger partial charge is 0.349 e. The molecule has 3 rings (SSSR count). The van der Waals surface area contributed by atoms with Crippen LogP contribution in [0.1, 0.15) is 23.0 Å². The minimum absolute atomic E-state index is 0.0570. The summed E-state index contributed by atoms with van der Waals surface area (Å²) >= 11 is 0. The molecule has 2 aromatic rings. The lowest BCUT2D eigenvalue weighted by Gasteiger charge is -2.34. The largest absolute Gasteiger partial charge is 0.507 e. The molecule has 0 fully saturated rings. The van der Waals surface area contributed by atoms with E-state index in [1.165, 1.54) is 6.07 Å². The molecule has 5 heteroatoms. The highest BCUT2D eigenvalue weighted by Gasteiger charge is 2.41. The molecule has 1 atom stereocenters. The lowest BCUT2D eigenvalue weighted by Crippen LogP contribution is -2.39. The first kappa shape index (κ1) is 10.7. The lowest BCUT2D eigenvalue weighted by atomic mass is 10.1. The fourth-order valence-corrected chi connectivity index (χ4v) is 1.99. The monoisotopic (exact) mass is 245 g/mol. The van der Waals surface area contributed by atoms with Gasteiger partial charge in [-0.05, 0) is 24.3 Å². The molecular weight excluding hydrogens is 234 g/mol. The Morgan fingerprint density at radius 1 is 1.22 bits per heavy atom. The zero-order valence-corrected chi connectivity index (χ0v) is 9.64. The van der Waals surface area contributed by atoms with Gasteiger partial charge in [-0.3, -0.25) is 0 Å². The van der Waals surface area contributed by atoms with Crippen molar-refractivity contribution in [1.82, 2.24) is 4.98 Å². The summed E-state index contributed by atoms with van der Waals surface area (Å²) in [6, 6.07) is 8.20. The van der Waals surface area contributed by atoms with Crippen LogP contribution in [0.25, 0.3) is 0 Å². The molecule has 1 unspecified atom stereocenters. The summed E-state index contributed by atoms with van der Waals surface area (Å²) < 4.78 is 11.0. The number of H-pyrrole nitrogens is 1. The summed E-state index contributed by atoms with van der Waals surface area (Å²) in [5.41, 5.74) is 0.686. The Balaban J connectivity index is 2.10. The molecule has 5 nitrogen and oxygen atoms in total. The third-order valence-corrected chi connectivity index (χ3v) is 2.89. The van der Waals surface area contributed by atoms with Crippen molar-refractivity contribution in [3.63, 3.8) is 0 Å². The number of phenolic OH excluding ortho intramolecular Hbond substituents is 1. The zero-order chi connectivity index (χ0) is 12.8. The number of cyclic esters (lactones) is 1. The van der Waals surface area contributed by atoms with E-state index < -0.39 is 11.8 Å². The molecule has 18 heavy (non-hydrogen) atoms. The van der Waals surface area contributed by atoms with Crippen LogP contribution in [0.2, 0.25) is 0 Å². The van der Waals surface area contributed by atoms with E-state index in [2.05, 4.69) is 4.98 Å². The molecule has 2 heterocycles. The first-order valence-electron chi connectivity index (χ1n) is 5.48. The van der Waals surface area contributed by atoms with Crippen LogP contribution in [0.5, 0.6) is 11.5 Å². The van der Waals surface area contributed by atoms with Gasteiger partial charge in [0.2, 0.25) is 0 Å². The molecule has 1 aromatic heterocycles. The quantitative estimate of drug-likeness (QED) is 0.755. The fraction of sp³-hybridized carbons (Fsp3) is 0.154. The van der Waals surface area contributed by atoms with Crippen molar-refractivity contribution in [2.75, 3.05) is 0 Å². The van der Waals surface area contributed by atoms with Crippen LogP contribution in [0, 0.1) is 0 Å². The maximum absolute atomic E-state index is 11.9. The van der Waals surface area contributed by atoms with Crippen molar-refractivity contribution in [2.45, 2.75) is 12.7 Å². The summed E-state index contributed by atoms with van der Waals surface area (Å²) in [5, 5.41) is 9.64. The van der Waals surface area contributed by atoms with E-state index in [9.17, 15) is 9.90 Å². The van der Waals surface area contributed by atoms with Gasteiger partial charge in [-0.1, -0.05) is 6.07 Å². The number of esters is 1. The number of aromatic amines is 1. The van der Waals surface area contributed by atoms with Crippen molar-refractivity contribution in [3.05, 3.63) is 47.8 Å². The first-order valence-corrected chi connectivity index (χ1v) is 5.48. The summed E-state index contributed by atoms with van der Waals surface area (Å²) in [6.45, 7) is 1.64. The predicted octanol–water partition coefficient (Wildman–Crippen LogP) is 2.14. The van der Waals surface area contributed by atoms with Crippen LogP contribution in [-0.4, -0.2) is 16.1 Å². The average molecular weight is 245 g/mol. The minimum atomic E-state index is -1.21. The second kappa shape index (κ2) is 3.53. The number of phenols is 1. The van der Waals surface area contributed by atoms with E-state index in [1.807, 2.05) is 0 Å². The maximum atomic E-state index is 11.9. The number of fused-ring (bicyclic) bond motifs is 1. The fourth-order valence-electron chi connectivity index (χ4n) is 1.99. The molecule has 2 N–H and O–H groups in total. The van der Waals surface area contributed by atoms with Crippen LogP contribution in [0.3, 0.4) is 0 Å². The number of hydrogen-bond donors (Lipinski definition) is 2. The Kier molecular flexibility index (Phi) is 2.10. The van der Waals surface area contributed by atoms with Crippen molar-refractivity contribution in [1.29, 1.82) is 0 Å². The van der Waals surface area contributed by atoms with Gasteiger partial charge in [-0.15, -0.1) is 0 Å². The van der Waals surface area contributed by atoms with Gasteiger partial charge in [0.25, 0.3) is 5.79 Å². The van der Waals surface area contributed by atoms with Crippen molar-refractivity contribution >= 4 is 5.97 Å². The molecule has 1 aromatic carbocycles. The average Bonchev–Trinajstić information content (AvgIpc) is 2.82. The van der Waals surface area contributed by atoms with Crippen molar-refractivity contribution in [2.24, 2.45) is 0 Å². The second-order valence-electron chi connectivity index (χ2n) is 4.17. The van der Waals surface area contributed by atoms with Gasteiger partial charge in [-0.2, -0.15) is 0 Å². The van der Waals surface area contributed by atoms with Crippen LogP contribution >= 0.6 is 0 Å². The van der Waals surface area contributed by atoms with Crippen LogP contribution in [0.4, 0.5) is 0 Å². The van der Waals surface area contributed by atoms with E-state index in [1.54, 1.807) is 37.4 Å². The highest BCUT2D eigenvalue weighted by molar-refractivity contribution is 5.96. The molecule has 1 aliphatic rings. The van der Waals surface area contributed by atoms with Crippen molar-refractivity contribution in [3.8, 4) is 11.5 Å². The summed E-state index contributed by atoms with van der Waals surface area (Å²) in [6.07, 6.45) is 1.72. The normalized spacial score (nSPS) is 21.9. The zero-order valence-electron chi connectivity index (χ0n) is 9.64. The molecular formula is C13H11NO4. The van der Waals surface area contributed by atoms with Gasteiger partial charge in [-0.25, -0.2) is 4.79 Å². The lowest BCUT2D eigenvalue weighted by molar-refractivity contribution is -0.151. The van der Waals surface area contributed by atoms with Gasteiger partial charge in [0.05, 0.1) is 0 Å². The van der Waals surface area contributed by atoms with E-state index in [0.29, 0.717) is 11.4 Å². The van der Waals surface area contributed by atoms with Gasteiger partial charge in [0.15, 0.2) is 0 Å². The molecule has 92 valence electrons. The van der Waals surface area contributed by atoms with E-state index in [-0.39, 0.29) is 11.3 Å². The number of rotatable bonds is 1. The Bertz CT molecular complexity index is 605. The van der Waals surface area contributed by atoms with E-state index >= 15 is 0 Å². The molecule has 0 aliphatic carbocycles. The Labute approximate surface area is 103 Å². The second-order valence-corrected chi connectivity index (χ2v) is 4.17. The standard InChI is InChI=1S/C13H11NO4/c1-13(10-6-3-7-14-10)17-9-5-2-4-8(15)11(9)12(16)18-13/h2-7,14-15H,1H3.